The van der Waals surface area contributed by atoms with Crippen molar-refractivity contribution in [3.8, 4) is 0 Å². The van der Waals surface area contributed by atoms with E-state index in [2.05, 4.69) is 41.9 Å². The Balaban J connectivity index is 1.16. The van der Waals surface area contributed by atoms with Gasteiger partial charge in [-0.05, 0) is 113 Å². The van der Waals surface area contributed by atoms with Crippen molar-refractivity contribution in [2.45, 2.75) is 141 Å². The first-order valence-corrected chi connectivity index (χ1v) is 22.9. The molecule has 2 saturated carbocycles. The molecule has 56 heavy (non-hydrogen) atoms. The molecule has 0 radical (unpaired) electrons. The standard InChI is InChI=1S/C48H63N3O5/c1-3-9-40-46-24-33-17-18-47(46,48(40)36-14-7-12-31(13-8-19-49)41(36)44(53)56-48)43(55-45(46)54)39(52)23-38(30-10-5-4-6-11-30)50-25-29-22-34(27-50)37-16-15-32-20-28(2)21-35(33)42(32)51(37)26-29/h7,12,14,24,28-30,34-35,37-38,40,52H,3-6,8-11,13,15-23,25-27,49H2,1-2H3/b43-39-/t28-,29+,34-,35-,37+,38-,40-,46-,47+,48+/m0/s1. The van der Waals surface area contributed by atoms with E-state index in [1.807, 2.05) is 6.07 Å². The molecule has 8 heteroatoms. The summed E-state index contributed by atoms with van der Waals surface area (Å²) >= 11 is 0. The van der Waals surface area contributed by atoms with Crippen molar-refractivity contribution in [1.29, 1.82) is 0 Å². The number of rotatable bonds is 6. The predicted molar refractivity (Wildman–Crippen MR) is 214 cm³/mol. The smallest absolute Gasteiger partial charge is 0.339 e. The molecule has 9 heterocycles. The van der Waals surface area contributed by atoms with Crippen LogP contribution in [0.1, 0.15) is 138 Å². The van der Waals surface area contributed by atoms with Gasteiger partial charge in [-0.1, -0.05) is 75.0 Å². The van der Waals surface area contributed by atoms with Gasteiger partial charge in [-0.2, -0.15) is 0 Å². The number of carbonyl (C=O) groups excluding carboxylic acids is 2. The number of hydrogen-bond donors (Lipinski definition) is 2. The second kappa shape index (κ2) is 12.9. The van der Waals surface area contributed by atoms with Crippen LogP contribution >= 0.6 is 0 Å². The highest BCUT2D eigenvalue weighted by molar-refractivity contribution is 5.99. The van der Waals surface area contributed by atoms with E-state index in [1.165, 1.54) is 63.4 Å². The molecule has 2 spiro atoms. The van der Waals surface area contributed by atoms with Gasteiger partial charge in [-0.25, -0.2) is 4.79 Å². The van der Waals surface area contributed by atoms with Gasteiger partial charge in [0.2, 0.25) is 0 Å². The fourth-order valence-electron chi connectivity index (χ4n) is 15.7. The van der Waals surface area contributed by atoms with Crippen molar-refractivity contribution in [3.63, 3.8) is 0 Å². The van der Waals surface area contributed by atoms with E-state index >= 15 is 4.79 Å². The quantitative estimate of drug-likeness (QED) is 0.220. The molecular formula is C48H63N3O5. The lowest BCUT2D eigenvalue weighted by molar-refractivity contribution is -0.272. The van der Waals surface area contributed by atoms with Gasteiger partial charge >= 0.3 is 11.9 Å². The van der Waals surface area contributed by atoms with Gasteiger partial charge in [0.25, 0.3) is 0 Å². The Morgan fingerprint density at radius 2 is 1.84 bits per heavy atom. The molecule has 5 fully saturated rings. The normalized spacial score (nSPS) is 43.6. The first-order valence-electron chi connectivity index (χ1n) is 22.9. The number of fused-ring (bicyclic) bond motifs is 2. The molecule has 1 unspecified atom stereocenters. The Morgan fingerprint density at radius 3 is 2.66 bits per heavy atom. The maximum Gasteiger partial charge on any atom is 0.339 e. The molecule has 11 atom stereocenters. The molecule has 10 bridgehead atoms. The largest absolute Gasteiger partial charge is 0.509 e. The molecule has 1 aromatic carbocycles. The average molecular weight is 762 g/mol. The van der Waals surface area contributed by atoms with Gasteiger partial charge < -0.3 is 25.2 Å². The Morgan fingerprint density at radius 1 is 0.982 bits per heavy atom. The van der Waals surface area contributed by atoms with Gasteiger partial charge in [0.15, 0.2) is 11.4 Å². The van der Waals surface area contributed by atoms with Crippen molar-refractivity contribution in [2.24, 2.45) is 52.1 Å². The van der Waals surface area contributed by atoms with Crippen LogP contribution in [0.5, 0.6) is 0 Å². The highest BCUT2D eigenvalue weighted by atomic mass is 16.6. The monoisotopic (exact) mass is 761 g/mol. The second-order valence-corrected chi connectivity index (χ2v) is 20.2. The molecule has 300 valence electrons. The third-order valence-electron chi connectivity index (χ3n) is 17.5. The Bertz CT molecular complexity index is 1940. The van der Waals surface area contributed by atoms with Gasteiger partial charge in [0.05, 0.1) is 11.0 Å². The molecule has 1 aromatic rings. The first-order chi connectivity index (χ1) is 27.3. The third kappa shape index (κ3) is 4.55. The van der Waals surface area contributed by atoms with Crippen LogP contribution in [-0.2, 0) is 26.3 Å². The van der Waals surface area contributed by atoms with Crippen LogP contribution in [0.25, 0.3) is 0 Å². The van der Waals surface area contributed by atoms with Crippen LogP contribution in [0, 0.1) is 46.3 Å². The summed E-state index contributed by atoms with van der Waals surface area (Å²) in [6.45, 7) is 8.45. The molecular weight excluding hydrogens is 699 g/mol. The van der Waals surface area contributed by atoms with Gasteiger partial charge in [-0.3, -0.25) is 9.69 Å². The lowest BCUT2D eigenvalue weighted by atomic mass is 9.31. The summed E-state index contributed by atoms with van der Waals surface area (Å²) in [5.74, 6) is 2.44. The Labute approximate surface area is 333 Å². The second-order valence-electron chi connectivity index (χ2n) is 20.2. The van der Waals surface area contributed by atoms with Gasteiger partial charge in [0, 0.05) is 61.2 Å². The lowest BCUT2D eigenvalue weighted by Crippen LogP contribution is -2.75. The minimum atomic E-state index is -1.10. The minimum absolute atomic E-state index is 0.190. The van der Waals surface area contributed by atoms with E-state index < -0.39 is 16.4 Å². The summed E-state index contributed by atoms with van der Waals surface area (Å²) < 4.78 is 13.7. The predicted octanol–water partition coefficient (Wildman–Crippen LogP) is 8.46. The van der Waals surface area contributed by atoms with Crippen molar-refractivity contribution in [3.05, 3.63) is 69.3 Å². The molecule has 0 amide bonds. The molecule has 9 aliphatic heterocycles. The SMILES string of the molecule is CCC[C@@H]1[C@@]2(OC(=O)c3c(CCCN)cccc32)[C@@]23CCC4=C[C@@]12C(=O)O/C3=C(\O)C[C@@H](C1CCCCC1)N1C[C@H]2C[C@@H](C1)[C@H]1CCC3=C([C@H]4C[C@@H](C)C3)N1C2. The number of aliphatic hydroxyl groups excluding tert-OH is 1. The zero-order chi connectivity index (χ0) is 38.1. The molecule has 0 aromatic heterocycles. The zero-order valence-electron chi connectivity index (χ0n) is 33.8. The van der Waals surface area contributed by atoms with Crippen LogP contribution in [0.2, 0.25) is 0 Å². The van der Waals surface area contributed by atoms with Crippen molar-refractivity contribution in [1.82, 2.24) is 9.80 Å². The lowest BCUT2D eigenvalue weighted by Gasteiger charge is -2.69. The summed E-state index contributed by atoms with van der Waals surface area (Å²) in [7, 11) is 0. The third-order valence-corrected chi connectivity index (χ3v) is 17.5. The zero-order valence-corrected chi connectivity index (χ0v) is 33.8. The summed E-state index contributed by atoms with van der Waals surface area (Å²) in [5.41, 5.74) is 10.1. The fraction of sp³-hybridized carbons (Fsp3) is 0.708. The number of piperidine rings is 2. The van der Waals surface area contributed by atoms with Crippen molar-refractivity contribution >= 4 is 11.9 Å². The van der Waals surface area contributed by atoms with Crippen LogP contribution in [-0.4, -0.2) is 65.1 Å². The topological polar surface area (TPSA) is 105 Å². The summed E-state index contributed by atoms with van der Waals surface area (Å²) in [5, 5.41) is 12.9. The maximum absolute atomic E-state index is 15.3. The highest BCUT2D eigenvalue weighted by Crippen LogP contribution is 2.85. The Hall–Kier alpha value is -3.10. The number of nitrogens with two attached hydrogens (primary N) is 1. The van der Waals surface area contributed by atoms with E-state index in [-0.39, 0.29) is 35.6 Å². The number of esters is 2. The van der Waals surface area contributed by atoms with Crippen LogP contribution in [0.3, 0.4) is 0 Å². The van der Waals surface area contributed by atoms with Crippen LogP contribution in [0.4, 0.5) is 0 Å². The van der Waals surface area contributed by atoms with Crippen molar-refractivity contribution in [2.75, 3.05) is 26.2 Å². The van der Waals surface area contributed by atoms with Gasteiger partial charge in [-0.15, -0.1) is 0 Å². The number of carbonyl (C=O) groups is 2. The Kier molecular flexibility index (Phi) is 8.33. The van der Waals surface area contributed by atoms with Crippen LogP contribution in [0.15, 0.2) is 52.6 Å². The fourth-order valence-corrected chi connectivity index (χ4v) is 15.7. The van der Waals surface area contributed by atoms with Gasteiger partial charge in [0.1, 0.15) is 11.2 Å². The van der Waals surface area contributed by atoms with Crippen LogP contribution < -0.4 is 5.73 Å². The molecule has 3 saturated heterocycles. The summed E-state index contributed by atoms with van der Waals surface area (Å²) in [6, 6.07) is 6.96. The first kappa shape index (κ1) is 36.0. The number of aryl methyl sites for hydroxylation is 1. The highest BCUT2D eigenvalue weighted by Gasteiger charge is 2.91. The minimum Gasteiger partial charge on any atom is -0.509 e. The number of ether oxygens (including phenoxy) is 2. The number of nitrogens with zero attached hydrogens (tertiary/aromatic N) is 2. The van der Waals surface area contributed by atoms with E-state index in [4.69, 9.17) is 15.2 Å². The number of allylic oxidation sites excluding steroid dienone is 2. The maximum atomic E-state index is 15.3. The molecule has 4 aliphatic carbocycles. The number of benzene rings is 1. The van der Waals surface area contributed by atoms with E-state index in [9.17, 15) is 9.90 Å². The van der Waals surface area contributed by atoms with E-state index in [0.29, 0.717) is 66.8 Å². The number of aliphatic hydroxyl groups is 1. The molecule has 8 nitrogen and oxygen atoms in total. The summed E-state index contributed by atoms with van der Waals surface area (Å²) in [4.78, 5) is 35.5. The van der Waals surface area contributed by atoms with Crippen molar-refractivity contribution < 1.29 is 24.2 Å². The van der Waals surface area contributed by atoms with E-state index in [0.717, 1.165) is 62.9 Å². The molecule has 14 rings (SSSR count). The van der Waals surface area contributed by atoms with E-state index in [1.54, 1.807) is 11.3 Å². The number of hydrogen-bond acceptors (Lipinski definition) is 8. The average Bonchev–Trinajstić information content (AvgIpc) is 3.66. The summed E-state index contributed by atoms with van der Waals surface area (Å²) in [6.07, 6.45) is 19.5. The molecule has 3 N–H and O–H groups in total. The molecule has 13 aliphatic rings.